The summed E-state index contributed by atoms with van der Waals surface area (Å²) in [7, 11) is 1.77. The second-order valence-corrected chi connectivity index (χ2v) is 3.83. The smallest absolute Gasteiger partial charge is 0.122 e. The SMILES string of the molecule is CNCC(O)c1cc2ccccc2cc1O. The summed E-state index contributed by atoms with van der Waals surface area (Å²) >= 11 is 0. The maximum absolute atomic E-state index is 9.84. The third-order valence-corrected chi connectivity index (χ3v) is 2.65. The van der Waals surface area contributed by atoms with Crippen LogP contribution in [0.15, 0.2) is 36.4 Å². The molecule has 2 rings (SSSR count). The fourth-order valence-electron chi connectivity index (χ4n) is 1.82. The number of phenolic OH excluding ortho intramolecular Hbond substituents is 1. The molecule has 0 saturated carbocycles. The van der Waals surface area contributed by atoms with Crippen molar-refractivity contribution in [2.24, 2.45) is 0 Å². The molecule has 0 spiro atoms. The van der Waals surface area contributed by atoms with Crippen molar-refractivity contribution in [3.63, 3.8) is 0 Å². The van der Waals surface area contributed by atoms with Gasteiger partial charge in [-0.3, -0.25) is 0 Å². The van der Waals surface area contributed by atoms with E-state index in [1.165, 1.54) is 0 Å². The molecular formula is C13H15NO2. The lowest BCUT2D eigenvalue weighted by atomic mass is 10.0. The summed E-state index contributed by atoms with van der Waals surface area (Å²) < 4.78 is 0. The Morgan fingerprint density at radius 3 is 2.44 bits per heavy atom. The normalized spacial score (nSPS) is 12.9. The Balaban J connectivity index is 2.49. The van der Waals surface area contributed by atoms with Crippen LogP contribution in [-0.2, 0) is 0 Å². The molecule has 1 unspecified atom stereocenters. The Morgan fingerprint density at radius 2 is 1.81 bits per heavy atom. The largest absolute Gasteiger partial charge is 0.508 e. The number of fused-ring (bicyclic) bond motifs is 1. The summed E-state index contributed by atoms with van der Waals surface area (Å²) in [6.45, 7) is 0.423. The summed E-state index contributed by atoms with van der Waals surface area (Å²) in [5, 5.41) is 24.5. The van der Waals surface area contributed by atoms with Gasteiger partial charge in [0.25, 0.3) is 0 Å². The average Bonchev–Trinajstić information content (AvgIpc) is 2.28. The van der Waals surface area contributed by atoms with Crippen LogP contribution < -0.4 is 5.32 Å². The van der Waals surface area contributed by atoms with E-state index < -0.39 is 6.10 Å². The molecule has 0 aliphatic rings. The fraction of sp³-hybridized carbons (Fsp3) is 0.231. The van der Waals surface area contributed by atoms with Crippen LogP contribution >= 0.6 is 0 Å². The van der Waals surface area contributed by atoms with Crippen LogP contribution in [0.5, 0.6) is 5.75 Å². The number of aromatic hydroxyl groups is 1. The standard InChI is InChI=1S/C13H15NO2/c1-14-8-13(16)11-6-9-4-2-3-5-10(9)7-12(11)15/h2-7,13-16H,8H2,1H3. The lowest BCUT2D eigenvalue weighted by Gasteiger charge is -2.13. The zero-order valence-corrected chi connectivity index (χ0v) is 9.14. The maximum atomic E-state index is 9.84. The Bertz CT molecular complexity index is 496. The number of aliphatic hydroxyl groups is 1. The van der Waals surface area contributed by atoms with E-state index in [0.29, 0.717) is 12.1 Å². The minimum Gasteiger partial charge on any atom is -0.508 e. The van der Waals surface area contributed by atoms with Crippen molar-refractivity contribution in [1.29, 1.82) is 0 Å². The zero-order valence-electron chi connectivity index (χ0n) is 9.14. The van der Waals surface area contributed by atoms with Crippen LogP contribution in [0.2, 0.25) is 0 Å². The lowest BCUT2D eigenvalue weighted by molar-refractivity contribution is 0.174. The monoisotopic (exact) mass is 217 g/mol. The van der Waals surface area contributed by atoms with Gasteiger partial charge >= 0.3 is 0 Å². The van der Waals surface area contributed by atoms with E-state index in [4.69, 9.17) is 0 Å². The molecule has 1 atom stereocenters. The molecule has 3 nitrogen and oxygen atoms in total. The topological polar surface area (TPSA) is 52.5 Å². The minimum atomic E-state index is -0.686. The number of rotatable bonds is 3. The predicted molar refractivity (Wildman–Crippen MR) is 64.5 cm³/mol. The third-order valence-electron chi connectivity index (χ3n) is 2.65. The predicted octanol–water partition coefficient (Wildman–Crippen LogP) is 1.80. The summed E-state index contributed by atoms with van der Waals surface area (Å²) in [4.78, 5) is 0. The summed E-state index contributed by atoms with van der Waals surface area (Å²) in [5.74, 6) is 0.140. The first-order valence-electron chi connectivity index (χ1n) is 5.26. The number of hydrogen-bond donors (Lipinski definition) is 3. The molecule has 0 aliphatic heterocycles. The molecule has 0 fully saturated rings. The first-order valence-corrected chi connectivity index (χ1v) is 5.26. The summed E-state index contributed by atoms with van der Waals surface area (Å²) in [6.07, 6.45) is -0.686. The molecule has 16 heavy (non-hydrogen) atoms. The van der Waals surface area contributed by atoms with Crippen LogP contribution in [0.1, 0.15) is 11.7 Å². The van der Waals surface area contributed by atoms with Gasteiger partial charge in [0, 0.05) is 12.1 Å². The molecule has 3 heteroatoms. The van der Waals surface area contributed by atoms with Crippen molar-refractivity contribution < 1.29 is 10.2 Å². The van der Waals surface area contributed by atoms with Gasteiger partial charge in [0.15, 0.2) is 0 Å². The van der Waals surface area contributed by atoms with Gasteiger partial charge in [-0.05, 0) is 30.0 Å². The molecule has 0 bridgehead atoms. The van der Waals surface area contributed by atoms with Gasteiger partial charge in [-0.1, -0.05) is 24.3 Å². The van der Waals surface area contributed by atoms with Gasteiger partial charge in [0.2, 0.25) is 0 Å². The third kappa shape index (κ3) is 2.01. The number of nitrogens with one attached hydrogen (secondary N) is 1. The van der Waals surface area contributed by atoms with Crippen LogP contribution in [0.25, 0.3) is 10.8 Å². The molecule has 0 aliphatic carbocycles. The van der Waals surface area contributed by atoms with Gasteiger partial charge in [-0.25, -0.2) is 0 Å². The quantitative estimate of drug-likeness (QED) is 0.734. The van der Waals surface area contributed by atoms with Crippen molar-refractivity contribution in [3.05, 3.63) is 42.0 Å². The molecule has 0 aromatic heterocycles. The molecule has 0 radical (unpaired) electrons. The Kier molecular flexibility index (Phi) is 3.08. The second kappa shape index (κ2) is 4.51. The molecule has 3 N–H and O–H groups in total. The van der Waals surface area contributed by atoms with E-state index in [1.807, 2.05) is 30.3 Å². The van der Waals surface area contributed by atoms with E-state index in [1.54, 1.807) is 13.1 Å². The molecule has 0 amide bonds. The van der Waals surface area contributed by atoms with E-state index >= 15 is 0 Å². The van der Waals surface area contributed by atoms with E-state index in [0.717, 1.165) is 10.8 Å². The van der Waals surface area contributed by atoms with Gasteiger partial charge in [-0.2, -0.15) is 0 Å². The van der Waals surface area contributed by atoms with Gasteiger partial charge in [0.05, 0.1) is 6.10 Å². The Morgan fingerprint density at radius 1 is 1.19 bits per heavy atom. The molecule has 0 heterocycles. The Hall–Kier alpha value is -1.58. The Labute approximate surface area is 94.3 Å². The van der Waals surface area contributed by atoms with Crippen LogP contribution in [-0.4, -0.2) is 23.8 Å². The molecular weight excluding hydrogens is 202 g/mol. The van der Waals surface area contributed by atoms with Crippen molar-refractivity contribution >= 4 is 10.8 Å². The van der Waals surface area contributed by atoms with Crippen molar-refractivity contribution in [2.75, 3.05) is 13.6 Å². The molecule has 2 aromatic rings. The fourth-order valence-corrected chi connectivity index (χ4v) is 1.82. The molecule has 84 valence electrons. The van der Waals surface area contributed by atoms with Gasteiger partial charge in [0.1, 0.15) is 5.75 Å². The highest BCUT2D eigenvalue weighted by Crippen LogP contribution is 2.29. The van der Waals surface area contributed by atoms with E-state index in [2.05, 4.69) is 5.32 Å². The first-order chi connectivity index (χ1) is 7.72. The summed E-state index contributed by atoms with van der Waals surface area (Å²) in [6, 6.07) is 11.3. The number of hydrogen-bond acceptors (Lipinski definition) is 3. The highest BCUT2D eigenvalue weighted by Gasteiger charge is 2.12. The van der Waals surface area contributed by atoms with Crippen molar-refractivity contribution in [3.8, 4) is 5.75 Å². The molecule has 0 saturated heterocycles. The number of benzene rings is 2. The average molecular weight is 217 g/mol. The van der Waals surface area contributed by atoms with Crippen LogP contribution in [0.4, 0.5) is 0 Å². The first kappa shape index (κ1) is 10.9. The highest BCUT2D eigenvalue weighted by molar-refractivity contribution is 5.85. The second-order valence-electron chi connectivity index (χ2n) is 3.83. The highest BCUT2D eigenvalue weighted by atomic mass is 16.3. The number of phenols is 1. The minimum absolute atomic E-state index is 0.140. The van der Waals surface area contributed by atoms with Gasteiger partial charge < -0.3 is 15.5 Å². The molecule has 2 aromatic carbocycles. The van der Waals surface area contributed by atoms with Gasteiger partial charge in [-0.15, -0.1) is 0 Å². The van der Waals surface area contributed by atoms with E-state index in [9.17, 15) is 10.2 Å². The number of likely N-dealkylation sites (N-methyl/N-ethyl adjacent to an activating group) is 1. The zero-order chi connectivity index (χ0) is 11.5. The van der Waals surface area contributed by atoms with Crippen LogP contribution in [0, 0.1) is 0 Å². The van der Waals surface area contributed by atoms with Crippen molar-refractivity contribution in [2.45, 2.75) is 6.10 Å². The van der Waals surface area contributed by atoms with Crippen molar-refractivity contribution in [1.82, 2.24) is 5.32 Å². The lowest BCUT2D eigenvalue weighted by Crippen LogP contribution is -2.16. The van der Waals surface area contributed by atoms with E-state index in [-0.39, 0.29) is 5.75 Å². The van der Waals surface area contributed by atoms with Crippen LogP contribution in [0.3, 0.4) is 0 Å². The summed E-state index contributed by atoms with van der Waals surface area (Å²) in [5.41, 5.74) is 0.563. The maximum Gasteiger partial charge on any atom is 0.122 e. The number of aliphatic hydroxyl groups excluding tert-OH is 1.